The topological polar surface area (TPSA) is 48.9 Å². The number of phenols is 1. The first-order chi connectivity index (χ1) is 8.79. The van der Waals surface area contributed by atoms with E-state index in [0.29, 0.717) is 0 Å². The molecule has 0 unspecified atom stereocenters. The zero-order valence-corrected chi connectivity index (χ0v) is 10.1. The summed E-state index contributed by atoms with van der Waals surface area (Å²) < 4.78 is 0. The van der Waals surface area contributed by atoms with Gasteiger partial charge in [-0.15, -0.1) is 0 Å². The van der Waals surface area contributed by atoms with Gasteiger partial charge in [0.05, 0.1) is 5.56 Å². The minimum Gasteiger partial charge on any atom is -0.507 e. The van der Waals surface area contributed by atoms with Gasteiger partial charge in [-0.05, 0) is 17.9 Å². The summed E-state index contributed by atoms with van der Waals surface area (Å²) in [5.74, 6) is 1.00. The predicted molar refractivity (Wildman–Crippen MR) is 72.6 cm³/mol. The molecule has 3 aromatic rings. The van der Waals surface area contributed by atoms with E-state index in [1.807, 2.05) is 42.6 Å². The van der Waals surface area contributed by atoms with Crippen LogP contribution in [0, 0.1) is 0 Å². The van der Waals surface area contributed by atoms with Gasteiger partial charge >= 0.3 is 0 Å². The van der Waals surface area contributed by atoms with Crippen molar-refractivity contribution in [2.75, 3.05) is 0 Å². The van der Waals surface area contributed by atoms with Crippen molar-refractivity contribution < 1.29 is 5.11 Å². The quantitative estimate of drug-likeness (QED) is 0.717. The Labute approximate surface area is 105 Å². The van der Waals surface area contributed by atoms with Gasteiger partial charge in [0.15, 0.2) is 0 Å². The molecule has 0 radical (unpaired) electrons. The van der Waals surface area contributed by atoms with Crippen molar-refractivity contribution in [3.63, 3.8) is 0 Å². The third kappa shape index (κ3) is 1.64. The fraction of sp³-hybridized carbons (Fsp3) is 0.133. The van der Waals surface area contributed by atoms with Gasteiger partial charge in [0.2, 0.25) is 0 Å². The molecule has 0 saturated heterocycles. The number of aryl methyl sites for hydroxylation is 1. The molecule has 0 bridgehead atoms. The van der Waals surface area contributed by atoms with Crippen LogP contribution >= 0.6 is 0 Å². The van der Waals surface area contributed by atoms with Crippen LogP contribution in [-0.2, 0) is 6.42 Å². The van der Waals surface area contributed by atoms with Gasteiger partial charge in [-0.3, -0.25) is 0 Å². The van der Waals surface area contributed by atoms with Crippen molar-refractivity contribution in [2.45, 2.75) is 13.3 Å². The summed E-state index contributed by atoms with van der Waals surface area (Å²) in [5.41, 5.74) is 1.81. The second-order valence-corrected chi connectivity index (χ2v) is 4.29. The Morgan fingerprint density at radius 3 is 2.78 bits per heavy atom. The lowest BCUT2D eigenvalue weighted by Gasteiger charge is -2.05. The smallest absolute Gasteiger partial charge is 0.141 e. The Balaban J connectivity index is 2.20. The number of nitrogens with one attached hydrogen (secondary N) is 1. The second-order valence-electron chi connectivity index (χ2n) is 4.29. The molecule has 3 nitrogen and oxygen atoms in total. The summed E-state index contributed by atoms with van der Waals surface area (Å²) in [6, 6.07) is 11.7. The lowest BCUT2D eigenvalue weighted by molar-refractivity contribution is 0.483. The van der Waals surface area contributed by atoms with E-state index in [1.165, 1.54) is 0 Å². The molecule has 2 aromatic carbocycles. The largest absolute Gasteiger partial charge is 0.507 e. The first-order valence-corrected chi connectivity index (χ1v) is 6.04. The molecule has 2 N–H and O–H groups in total. The Kier molecular flexibility index (Phi) is 2.52. The molecule has 0 atom stereocenters. The van der Waals surface area contributed by atoms with Crippen LogP contribution < -0.4 is 0 Å². The third-order valence-corrected chi connectivity index (χ3v) is 3.17. The molecule has 3 heteroatoms. The molecular weight excluding hydrogens is 224 g/mol. The maximum Gasteiger partial charge on any atom is 0.141 e. The van der Waals surface area contributed by atoms with Crippen molar-refractivity contribution in [1.29, 1.82) is 0 Å². The summed E-state index contributed by atoms with van der Waals surface area (Å²) in [4.78, 5) is 7.52. The first-order valence-electron chi connectivity index (χ1n) is 6.04. The molecule has 90 valence electrons. The normalized spacial score (nSPS) is 10.9. The van der Waals surface area contributed by atoms with E-state index in [2.05, 4.69) is 16.9 Å². The highest BCUT2D eigenvalue weighted by Gasteiger charge is 2.10. The summed E-state index contributed by atoms with van der Waals surface area (Å²) >= 11 is 0. The highest BCUT2D eigenvalue weighted by molar-refractivity contribution is 5.93. The molecule has 18 heavy (non-hydrogen) atoms. The van der Waals surface area contributed by atoms with Gasteiger partial charge in [0.25, 0.3) is 0 Å². The molecule has 1 heterocycles. The number of rotatable bonds is 2. The SMILES string of the molecule is CCc1cnc(-c2ccc3ccccc3c2O)[nH]1. The molecule has 0 spiro atoms. The Morgan fingerprint density at radius 1 is 1.17 bits per heavy atom. The molecule has 3 rings (SSSR count). The number of hydrogen-bond acceptors (Lipinski definition) is 2. The molecule has 0 aliphatic carbocycles. The Morgan fingerprint density at radius 2 is 2.00 bits per heavy atom. The standard InChI is InChI=1S/C15H14N2O/c1-2-11-9-16-15(17-11)13-8-7-10-5-3-4-6-12(10)14(13)18/h3-9,18H,2H2,1H3,(H,16,17). The van der Waals surface area contributed by atoms with E-state index in [0.717, 1.165) is 34.3 Å². The molecule has 1 aromatic heterocycles. The van der Waals surface area contributed by atoms with E-state index < -0.39 is 0 Å². The van der Waals surface area contributed by atoms with Crippen molar-refractivity contribution in [1.82, 2.24) is 9.97 Å². The van der Waals surface area contributed by atoms with Gasteiger partial charge < -0.3 is 10.1 Å². The number of nitrogens with zero attached hydrogens (tertiary/aromatic N) is 1. The van der Waals surface area contributed by atoms with Crippen LogP contribution in [0.15, 0.2) is 42.6 Å². The zero-order chi connectivity index (χ0) is 12.5. The van der Waals surface area contributed by atoms with Crippen molar-refractivity contribution in [2.24, 2.45) is 0 Å². The summed E-state index contributed by atoms with van der Waals surface area (Å²) in [7, 11) is 0. The van der Waals surface area contributed by atoms with Crippen LogP contribution in [0.5, 0.6) is 5.75 Å². The van der Waals surface area contributed by atoms with Gasteiger partial charge in [-0.25, -0.2) is 4.98 Å². The average molecular weight is 238 g/mol. The highest BCUT2D eigenvalue weighted by atomic mass is 16.3. The van der Waals surface area contributed by atoms with Crippen LogP contribution in [0.3, 0.4) is 0 Å². The number of aromatic amines is 1. The lowest BCUT2D eigenvalue weighted by atomic mass is 10.1. The average Bonchev–Trinajstić information content (AvgIpc) is 2.88. The number of H-pyrrole nitrogens is 1. The Bertz CT molecular complexity index is 701. The first kappa shape index (κ1) is 10.8. The molecule has 0 amide bonds. The van der Waals surface area contributed by atoms with E-state index in [4.69, 9.17) is 0 Å². The number of fused-ring (bicyclic) bond motifs is 1. The van der Waals surface area contributed by atoms with E-state index >= 15 is 0 Å². The Hall–Kier alpha value is -2.29. The monoisotopic (exact) mass is 238 g/mol. The van der Waals surface area contributed by atoms with Crippen molar-refractivity contribution in [3.8, 4) is 17.1 Å². The van der Waals surface area contributed by atoms with Crippen LogP contribution in [0.4, 0.5) is 0 Å². The fourth-order valence-corrected chi connectivity index (χ4v) is 2.12. The van der Waals surface area contributed by atoms with E-state index in [-0.39, 0.29) is 5.75 Å². The minimum atomic E-state index is 0.283. The van der Waals surface area contributed by atoms with Crippen LogP contribution in [-0.4, -0.2) is 15.1 Å². The molecular formula is C15H14N2O. The molecule has 0 aliphatic heterocycles. The number of aromatic hydroxyl groups is 1. The molecule has 0 aliphatic rings. The fourth-order valence-electron chi connectivity index (χ4n) is 2.12. The van der Waals surface area contributed by atoms with E-state index in [1.54, 1.807) is 0 Å². The van der Waals surface area contributed by atoms with Gasteiger partial charge in [0.1, 0.15) is 11.6 Å². The summed E-state index contributed by atoms with van der Waals surface area (Å²) in [6.07, 6.45) is 2.71. The maximum absolute atomic E-state index is 10.3. The van der Waals surface area contributed by atoms with E-state index in [9.17, 15) is 5.11 Å². The van der Waals surface area contributed by atoms with Crippen molar-refractivity contribution in [3.05, 3.63) is 48.3 Å². The van der Waals surface area contributed by atoms with Crippen molar-refractivity contribution >= 4 is 10.8 Å². The number of hydrogen-bond donors (Lipinski definition) is 2. The number of imidazole rings is 1. The maximum atomic E-state index is 10.3. The predicted octanol–water partition coefficient (Wildman–Crippen LogP) is 3.50. The second kappa shape index (κ2) is 4.18. The van der Waals surface area contributed by atoms with Gasteiger partial charge in [0, 0.05) is 17.3 Å². The third-order valence-electron chi connectivity index (χ3n) is 3.17. The van der Waals surface area contributed by atoms with Gasteiger partial charge in [-0.2, -0.15) is 0 Å². The van der Waals surface area contributed by atoms with Crippen LogP contribution in [0.25, 0.3) is 22.2 Å². The summed E-state index contributed by atoms with van der Waals surface area (Å²) in [5, 5.41) is 12.2. The lowest BCUT2D eigenvalue weighted by Crippen LogP contribution is -1.84. The minimum absolute atomic E-state index is 0.283. The van der Waals surface area contributed by atoms with Crippen LogP contribution in [0.2, 0.25) is 0 Å². The number of benzene rings is 2. The van der Waals surface area contributed by atoms with Crippen LogP contribution in [0.1, 0.15) is 12.6 Å². The molecule has 0 fully saturated rings. The highest BCUT2D eigenvalue weighted by Crippen LogP contribution is 2.34. The number of phenolic OH excluding ortho intramolecular Hbond substituents is 1. The summed E-state index contributed by atoms with van der Waals surface area (Å²) in [6.45, 7) is 2.07. The van der Waals surface area contributed by atoms with Gasteiger partial charge in [-0.1, -0.05) is 37.3 Å². The zero-order valence-electron chi connectivity index (χ0n) is 10.1. The molecule has 0 saturated carbocycles. The number of aromatic nitrogens is 2.